The van der Waals surface area contributed by atoms with Crippen molar-refractivity contribution in [2.45, 2.75) is 212 Å². The molecule has 8 rings (SSSR count). The second-order valence-corrected chi connectivity index (χ2v) is 23.0. The number of hydrogen-bond acceptors (Lipinski definition) is 15. The first-order chi connectivity index (χ1) is 29.4. The van der Waals surface area contributed by atoms with E-state index in [0.29, 0.717) is 18.8 Å². The molecular formula is C47H76O16. The maximum absolute atomic E-state index is 13.1. The number of ether oxygens (including phenoxy) is 6. The largest absolute Gasteiger partial charge is 0.481 e. The Morgan fingerprint density at radius 2 is 1.37 bits per heavy atom. The quantitative estimate of drug-likeness (QED) is 0.125. The van der Waals surface area contributed by atoms with Crippen LogP contribution in [0, 0.1) is 50.2 Å². The van der Waals surface area contributed by atoms with Crippen molar-refractivity contribution in [3.63, 3.8) is 0 Å². The number of carboxylic acid groups (broad SMARTS) is 1. The van der Waals surface area contributed by atoms with E-state index in [2.05, 4.69) is 54.5 Å². The number of fused-ring (bicyclic) bond motifs is 7. The summed E-state index contributed by atoms with van der Waals surface area (Å²) in [7, 11) is 0. The summed E-state index contributed by atoms with van der Waals surface area (Å²) in [5.74, 6) is -0.0288. The molecule has 16 heteroatoms. The van der Waals surface area contributed by atoms with Crippen LogP contribution in [0.3, 0.4) is 0 Å². The normalized spacial score (nSPS) is 54.1. The number of allylic oxidation sites excluding steroid dienone is 2. The molecule has 0 radical (unpaired) electrons. The molecule has 7 fully saturated rings. The fourth-order valence-corrected chi connectivity index (χ4v) is 14.8. The highest BCUT2D eigenvalue weighted by molar-refractivity contribution is 5.76. The molecule has 0 aromatic heterocycles. The van der Waals surface area contributed by atoms with Crippen LogP contribution in [0.15, 0.2) is 11.6 Å². The third kappa shape index (κ3) is 7.51. The molecule has 0 aromatic carbocycles. The Labute approximate surface area is 371 Å². The average Bonchev–Trinajstić information content (AvgIpc) is 3.22. The topological polar surface area (TPSA) is 255 Å². The van der Waals surface area contributed by atoms with Crippen molar-refractivity contribution in [1.29, 1.82) is 0 Å². The summed E-state index contributed by atoms with van der Waals surface area (Å²) >= 11 is 0. The first-order valence-corrected chi connectivity index (χ1v) is 23.6. The first kappa shape index (κ1) is 48.1. The van der Waals surface area contributed by atoms with E-state index in [0.717, 1.165) is 51.4 Å². The van der Waals surface area contributed by atoms with Crippen LogP contribution < -0.4 is 0 Å². The van der Waals surface area contributed by atoms with Crippen molar-refractivity contribution < 1.29 is 79.2 Å². The van der Waals surface area contributed by atoms with E-state index in [1.165, 1.54) is 12.5 Å². The lowest BCUT2D eigenvalue weighted by Gasteiger charge is -2.71. The van der Waals surface area contributed by atoms with Gasteiger partial charge in [0.2, 0.25) is 0 Å². The predicted molar refractivity (Wildman–Crippen MR) is 223 cm³/mol. The zero-order chi connectivity index (χ0) is 46.0. The van der Waals surface area contributed by atoms with E-state index in [9.17, 15) is 50.8 Å². The molecule has 3 aliphatic heterocycles. The van der Waals surface area contributed by atoms with Crippen LogP contribution in [0.4, 0.5) is 0 Å². The Hall–Kier alpha value is -1.35. The van der Waals surface area contributed by atoms with Gasteiger partial charge in [-0.05, 0) is 116 Å². The number of carboxylic acids is 1. The van der Waals surface area contributed by atoms with Crippen LogP contribution in [-0.2, 0) is 33.2 Å². The van der Waals surface area contributed by atoms with Gasteiger partial charge in [0.05, 0.1) is 30.8 Å². The van der Waals surface area contributed by atoms with Gasteiger partial charge in [-0.2, -0.15) is 0 Å². The van der Waals surface area contributed by atoms with Gasteiger partial charge in [-0.1, -0.05) is 60.1 Å². The summed E-state index contributed by atoms with van der Waals surface area (Å²) in [4.78, 5) is 13.1. The highest BCUT2D eigenvalue weighted by atomic mass is 16.8. The van der Waals surface area contributed by atoms with Gasteiger partial charge in [0.1, 0.15) is 61.0 Å². The number of hydrogen-bond donors (Lipinski definition) is 9. The molecule has 4 saturated carbocycles. The summed E-state index contributed by atoms with van der Waals surface area (Å²) in [6, 6.07) is 0. The van der Waals surface area contributed by atoms with Gasteiger partial charge in [0.25, 0.3) is 0 Å². The number of carbonyl (C=O) groups is 1. The summed E-state index contributed by atoms with van der Waals surface area (Å²) in [6.45, 7) is 17.0. The molecule has 0 unspecified atom stereocenters. The van der Waals surface area contributed by atoms with Crippen molar-refractivity contribution in [3.05, 3.63) is 11.6 Å². The molecule has 8 aliphatic rings. The zero-order valence-corrected chi connectivity index (χ0v) is 38.3. The van der Waals surface area contributed by atoms with Gasteiger partial charge in [-0.3, -0.25) is 4.79 Å². The van der Waals surface area contributed by atoms with Crippen molar-refractivity contribution in [2.24, 2.45) is 50.2 Å². The standard InChI is InChI=1S/C47H76O16/c1-22-30(49)33(52)35(54)38(59-22)63-37-32(51)26(61-39-36(55)34(53)31(50)25(20-48)60-39)21-58-40(37)62-29-12-13-44(6)27(43(29,4)5)11-14-46(8)28(44)10-9-23-24-19-42(2,3)15-17-47(24,41(56)57)18-16-45(23,46)7/h9,22,24-40,48-55H,10-21H2,1-8H3,(H,56,57)/t22-,24-,25+,26-,27-,28+,29-,30-,31+,32-,33+,34-,35+,36+,37+,38-,39-,40-,44-,45+,46+,47+/m0/s1. The van der Waals surface area contributed by atoms with Gasteiger partial charge in [-0.25, -0.2) is 0 Å². The van der Waals surface area contributed by atoms with Gasteiger partial charge in [0.15, 0.2) is 18.9 Å². The minimum absolute atomic E-state index is 0.0289. The minimum Gasteiger partial charge on any atom is -0.481 e. The lowest BCUT2D eigenvalue weighted by Crippen LogP contribution is -2.66. The molecule has 16 nitrogen and oxygen atoms in total. The van der Waals surface area contributed by atoms with Crippen LogP contribution >= 0.6 is 0 Å². The Balaban J connectivity index is 1.04. The third-order valence-electron chi connectivity index (χ3n) is 19.0. The van der Waals surface area contributed by atoms with E-state index in [-0.39, 0.29) is 46.2 Å². The third-order valence-corrected chi connectivity index (χ3v) is 19.0. The smallest absolute Gasteiger partial charge is 0.310 e. The summed E-state index contributed by atoms with van der Waals surface area (Å²) < 4.78 is 36.7. The molecular weight excluding hydrogens is 821 g/mol. The Bertz CT molecular complexity index is 1720. The molecule has 0 bridgehead atoms. The van der Waals surface area contributed by atoms with Crippen LogP contribution in [0.25, 0.3) is 0 Å². The van der Waals surface area contributed by atoms with Crippen LogP contribution in [0.5, 0.6) is 0 Å². The van der Waals surface area contributed by atoms with E-state index in [1.54, 1.807) is 0 Å². The molecule has 3 heterocycles. The Morgan fingerprint density at radius 1 is 0.714 bits per heavy atom. The highest BCUT2D eigenvalue weighted by Gasteiger charge is 2.70. The van der Waals surface area contributed by atoms with E-state index < -0.39 is 109 Å². The number of aliphatic carboxylic acids is 1. The molecule has 5 aliphatic carbocycles. The van der Waals surface area contributed by atoms with Crippen molar-refractivity contribution in [2.75, 3.05) is 13.2 Å². The monoisotopic (exact) mass is 897 g/mol. The number of aliphatic hydroxyl groups is 8. The van der Waals surface area contributed by atoms with Gasteiger partial charge < -0.3 is 74.4 Å². The molecule has 0 amide bonds. The van der Waals surface area contributed by atoms with Crippen molar-refractivity contribution in [3.8, 4) is 0 Å². The fourth-order valence-electron chi connectivity index (χ4n) is 14.8. The van der Waals surface area contributed by atoms with E-state index >= 15 is 0 Å². The maximum atomic E-state index is 13.1. The maximum Gasteiger partial charge on any atom is 0.310 e. The lowest BCUT2D eigenvalue weighted by molar-refractivity contribution is -0.380. The average molecular weight is 897 g/mol. The van der Waals surface area contributed by atoms with E-state index in [1.807, 2.05) is 0 Å². The SMILES string of the molecule is C[C@@H]1O[C@@H](O[C@H]2[C@H](O[C@H]3CC[C@]4(C)[C@H]5CC=C6[C@@H]7CC(C)(C)CC[C@@]7(C(=O)O)CC[C@@]6(C)[C@]5(C)CC[C@H]4C3(C)C)OC[C@H](O[C@@H]3O[C@H](CO)[C@@H](O)[C@H](O)[C@H]3O)[C@@H]2O)[C@H](O)[C@H](O)[C@H]1O. The van der Waals surface area contributed by atoms with Gasteiger partial charge >= 0.3 is 5.97 Å². The first-order valence-electron chi connectivity index (χ1n) is 23.6. The molecule has 63 heavy (non-hydrogen) atoms. The number of aliphatic hydroxyl groups excluding tert-OH is 8. The zero-order valence-electron chi connectivity index (χ0n) is 38.3. The second-order valence-electron chi connectivity index (χ2n) is 23.0. The van der Waals surface area contributed by atoms with Crippen molar-refractivity contribution in [1.82, 2.24) is 0 Å². The predicted octanol–water partition coefficient (Wildman–Crippen LogP) is 2.37. The van der Waals surface area contributed by atoms with Crippen LogP contribution in [0.2, 0.25) is 0 Å². The summed E-state index contributed by atoms with van der Waals surface area (Å²) in [6.07, 6.45) is -10.1. The van der Waals surface area contributed by atoms with Crippen LogP contribution in [0.1, 0.15) is 120 Å². The van der Waals surface area contributed by atoms with Crippen LogP contribution in [-0.4, -0.2) is 157 Å². The van der Waals surface area contributed by atoms with Gasteiger partial charge in [0, 0.05) is 0 Å². The minimum atomic E-state index is -1.75. The second kappa shape index (κ2) is 16.7. The lowest BCUT2D eigenvalue weighted by atomic mass is 9.33. The Kier molecular flexibility index (Phi) is 12.8. The molecule has 360 valence electrons. The highest BCUT2D eigenvalue weighted by Crippen LogP contribution is 2.76. The fraction of sp³-hybridized carbons (Fsp3) is 0.936. The van der Waals surface area contributed by atoms with E-state index in [4.69, 9.17) is 28.4 Å². The van der Waals surface area contributed by atoms with Crippen molar-refractivity contribution >= 4 is 5.97 Å². The molecule has 9 N–H and O–H groups in total. The summed E-state index contributed by atoms with van der Waals surface area (Å²) in [5, 5.41) is 96.0. The molecule has 0 aromatic rings. The molecule has 22 atom stereocenters. The molecule has 3 saturated heterocycles. The Morgan fingerprint density at radius 3 is 2.03 bits per heavy atom. The molecule has 0 spiro atoms. The van der Waals surface area contributed by atoms with Gasteiger partial charge in [-0.15, -0.1) is 0 Å². The summed E-state index contributed by atoms with van der Waals surface area (Å²) in [5.41, 5.74) is 0.113. The number of rotatable bonds is 8.